The molecule has 0 spiro atoms. The molecule has 4 aromatic carbocycles. The second-order valence-corrected chi connectivity index (χ2v) is 11.2. The van der Waals surface area contributed by atoms with Gasteiger partial charge in [-0.25, -0.2) is 0 Å². The molecule has 170 valence electrons. The van der Waals surface area contributed by atoms with E-state index in [1.165, 1.54) is 53.3 Å². The summed E-state index contributed by atoms with van der Waals surface area (Å²) in [6.45, 7) is 0.680. The molecule has 2 aliphatic rings. The molecular weight excluding hydrogens is 527 g/mol. The Morgan fingerprint density at radius 1 is 0.714 bits per heavy atom. The molecule has 0 aliphatic heterocycles. The van der Waals surface area contributed by atoms with Gasteiger partial charge in [0, 0.05) is 0 Å². The van der Waals surface area contributed by atoms with Gasteiger partial charge in [0.2, 0.25) is 0 Å². The summed E-state index contributed by atoms with van der Waals surface area (Å²) in [6.07, 6.45) is 8.69. The summed E-state index contributed by atoms with van der Waals surface area (Å²) in [5.41, 5.74) is 12.3. The van der Waals surface area contributed by atoms with Gasteiger partial charge in [-0.1, -0.05) is 0 Å². The SMILES string of the molecule is C1=CCC(c2ccc3c(c2C[O][Zr+]=[C](c2ccccc2)c2ccccc2)Cc2ccccc2-3)=C1.[Cl-]. The van der Waals surface area contributed by atoms with E-state index in [1.807, 2.05) is 0 Å². The molecule has 0 unspecified atom stereocenters. The normalized spacial score (nSPS) is 12.9. The van der Waals surface area contributed by atoms with Crippen LogP contribution in [0.25, 0.3) is 16.7 Å². The monoisotopic (exact) mass is 550 g/mol. The van der Waals surface area contributed by atoms with Crippen LogP contribution in [0.5, 0.6) is 0 Å². The van der Waals surface area contributed by atoms with Crippen molar-refractivity contribution in [1.29, 1.82) is 0 Å². The number of rotatable bonds is 6. The van der Waals surface area contributed by atoms with E-state index in [2.05, 4.69) is 115 Å². The predicted octanol–water partition coefficient (Wildman–Crippen LogP) is 4.39. The van der Waals surface area contributed by atoms with Gasteiger partial charge in [0.1, 0.15) is 0 Å². The zero-order chi connectivity index (χ0) is 22.7. The van der Waals surface area contributed by atoms with E-state index in [4.69, 9.17) is 2.81 Å². The second kappa shape index (κ2) is 11.0. The van der Waals surface area contributed by atoms with E-state index in [1.54, 1.807) is 0 Å². The summed E-state index contributed by atoms with van der Waals surface area (Å²) >= 11 is -1.29. The number of halogens is 1. The first-order valence-electron chi connectivity index (χ1n) is 11.8. The van der Waals surface area contributed by atoms with Crippen LogP contribution in [0.2, 0.25) is 0 Å². The van der Waals surface area contributed by atoms with Crippen molar-refractivity contribution in [2.24, 2.45) is 0 Å². The fraction of sp³-hybridized carbons (Fsp3) is 0.0938. The first-order chi connectivity index (χ1) is 16.9. The Hall–Kier alpha value is -2.64. The summed E-state index contributed by atoms with van der Waals surface area (Å²) in [5.74, 6) is 0. The minimum absolute atomic E-state index is 0. The predicted molar refractivity (Wildman–Crippen MR) is 137 cm³/mol. The molecule has 2 aliphatic carbocycles. The van der Waals surface area contributed by atoms with E-state index in [0.717, 1.165) is 12.8 Å². The summed E-state index contributed by atoms with van der Waals surface area (Å²) < 4.78 is 8.09. The molecule has 1 nitrogen and oxygen atoms in total. The Balaban J connectivity index is 0.00000253. The Morgan fingerprint density at radius 2 is 1.37 bits per heavy atom. The van der Waals surface area contributed by atoms with Crippen molar-refractivity contribution in [3.05, 3.63) is 149 Å². The van der Waals surface area contributed by atoms with E-state index in [9.17, 15) is 0 Å². The van der Waals surface area contributed by atoms with E-state index >= 15 is 0 Å². The van der Waals surface area contributed by atoms with Crippen molar-refractivity contribution in [2.45, 2.75) is 19.4 Å². The molecule has 3 heteroatoms. The Kier molecular flexibility index (Phi) is 7.54. The minimum Gasteiger partial charge on any atom is -1.00 e. The Bertz CT molecular complexity index is 1390. The quantitative estimate of drug-likeness (QED) is 0.304. The van der Waals surface area contributed by atoms with E-state index in [-0.39, 0.29) is 12.4 Å². The Labute approximate surface area is 225 Å². The van der Waals surface area contributed by atoms with Gasteiger partial charge in [0.05, 0.1) is 0 Å². The van der Waals surface area contributed by atoms with Crippen LogP contribution in [0, 0.1) is 0 Å². The van der Waals surface area contributed by atoms with Gasteiger partial charge >= 0.3 is 214 Å². The van der Waals surface area contributed by atoms with Crippen molar-refractivity contribution >= 4 is 8.78 Å². The Morgan fingerprint density at radius 3 is 2.06 bits per heavy atom. The third-order valence-corrected chi connectivity index (χ3v) is 9.37. The molecule has 0 saturated carbocycles. The fourth-order valence-corrected chi connectivity index (χ4v) is 7.35. The van der Waals surface area contributed by atoms with Crippen LogP contribution in [-0.2, 0) is 39.0 Å². The molecule has 35 heavy (non-hydrogen) atoms. The van der Waals surface area contributed by atoms with Crippen molar-refractivity contribution in [3.8, 4) is 11.1 Å². The molecule has 0 heterocycles. The van der Waals surface area contributed by atoms with Gasteiger partial charge in [0.25, 0.3) is 0 Å². The molecule has 0 saturated heterocycles. The van der Waals surface area contributed by atoms with Crippen molar-refractivity contribution in [2.75, 3.05) is 0 Å². The van der Waals surface area contributed by atoms with Crippen LogP contribution in [0.15, 0.2) is 115 Å². The maximum atomic E-state index is 6.70. The summed E-state index contributed by atoms with van der Waals surface area (Å²) in [4.78, 5) is 0. The first kappa shape index (κ1) is 24.1. The molecule has 0 fully saturated rings. The molecule has 0 bridgehead atoms. The van der Waals surface area contributed by atoms with Crippen LogP contribution in [-0.4, -0.2) is 3.21 Å². The number of fused-ring (bicyclic) bond motifs is 3. The molecule has 6 rings (SSSR count). The standard InChI is InChI=1S/C19H15O.C13H10.ClH.Zr/c20-12-19-16(13-5-1-2-6-13)9-10-17-15-8-4-3-7-14(15)11-18(17)19;1-3-7-12(8-4-1)11-13-9-5-2-6-10-13;;/h1-5,7-10H,6,11-12H2;1-10H;1H;/q-1;;;+2/p-1. The third-order valence-electron chi connectivity index (χ3n) is 6.74. The number of hydrogen-bond acceptors (Lipinski definition) is 1. The maximum absolute atomic E-state index is 6.70. The van der Waals surface area contributed by atoms with Gasteiger partial charge in [-0.05, 0) is 0 Å². The van der Waals surface area contributed by atoms with Crippen LogP contribution >= 0.6 is 0 Å². The summed E-state index contributed by atoms with van der Waals surface area (Å²) in [6, 6.07) is 35.0. The first-order valence-corrected chi connectivity index (χ1v) is 14.1. The molecule has 0 radical (unpaired) electrons. The molecule has 0 atom stereocenters. The number of allylic oxidation sites excluding steroid dienone is 4. The number of hydrogen-bond donors (Lipinski definition) is 0. The topological polar surface area (TPSA) is 9.23 Å². The van der Waals surface area contributed by atoms with Crippen molar-refractivity contribution in [1.82, 2.24) is 0 Å². The van der Waals surface area contributed by atoms with Crippen molar-refractivity contribution in [3.63, 3.8) is 0 Å². The average molecular weight is 552 g/mol. The van der Waals surface area contributed by atoms with Crippen LogP contribution < -0.4 is 12.4 Å². The summed E-state index contributed by atoms with van der Waals surface area (Å²) in [7, 11) is 0. The minimum atomic E-state index is -1.29. The smallest absolute Gasteiger partial charge is 1.00 e. The van der Waals surface area contributed by atoms with E-state index < -0.39 is 23.2 Å². The molecule has 0 aromatic heterocycles. The van der Waals surface area contributed by atoms with Crippen LogP contribution in [0.3, 0.4) is 0 Å². The fourth-order valence-electron chi connectivity index (χ4n) is 5.06. The number of benzene rings is 4. The van der Waals surface area contributed by atoms with Gasteiger partial charge in [-0.15, -0.1) is 0 Å². The largest absolute Gasteiger partial charge is 1.00 e. The van der Waals surface area contributed by atoms with Crippen molar-refractivity contribution < 1.29 is 38.4 Å². The van der Waals surface area contributed by atoms with Crippen LogP contribution in [0.4, 0.5) is 0 Å². The van der Waals surface area contributed by atoms with Gasteiger partial charge < -0.3 is 12.4 Å². The third kappa shape index (κ3) is 4.89. The zero-order valence-electron chi connectivity index (χ0n) is 19.4. The van der Waals surface area contributed by atoms with E-state index in [0.29, 0.717) is 6.61 Å². The van der Waals surface area contributed by atoms with Crippen LogP contribution in [0.1, 0.15) is 39.8 Å². The molecule has 0 N–H and O–H groups in total. The second-order valence-electron chi connectivity index (χ2n) is 8.77. The van der Waals surface area contributed by atoms with Gasteiger partial charge in [-0.2, -0.15) is 0 Å². The zero-order valence-corrected chi connectivity index (χ0v) is 22.6. The molecule has 0 amide bonds. The summed E-state index contributed by atoms with van der Waals surface area (Å²) in [5, 5.41) is 0. The molecular formula is C32H25ClOZr. The molecule has 4 aromatic rings. The average Bonchev–Trinajstić information content (AvgIpc) is 3.56. The van der Waals surface area contributed by atoms with Gasteiger partial charge in [-0.3, -0.25) is 0 Å². The van der Waals surface area contributed by atoms with Gasteiger partial charge in [0.15, 0.2) is 0 Å². The maximum Gasteiger partial charge on any atom is -1.00 e.